The van der Waals surface area contributed by atoms with Crippen LogP contribution in [0, 0.1) is 0 Å². The number of likely N-dealkylation sites (N-methyl/N-ethyl adjacent to an activating group) is 1. The molecule has 1 fully saturated rings. The number of nitrogens with two attached hydrogens (primary N) is 1. The van der Waals surface area contributed by atoms with E-state index in [4.69, 9.17) is 5.73 Å². The molecule has 1 aromatic heterocycles. The molecule has 4 heteroatoms. The molecule has 2 heterocycles. The van der Waals surface area contributed by atoms with E-state index in [9.17, 15) is 0 Å². The summed E-state index contributed by atoms with van der Waals surface area (Å²) < 4.78 is 2.08. The molecule has 0 amide bonds. The average Bonchev–Trinajstić information content (AvgIpc) is 2.43. The van der Waals surface area contributed by atoms with Crippen molar-refractivity contribution in [3.63, 3.8) is 0 Å². The first-order chi connectivity index (χ1) is 7.25. The zero-order chi connectivity index (χ0) is 10.4. The van der Waals surface area contributed by atoms with Crippen molar-refractivity contribution in [3.05, 3.63) is 11.3 Å². The van der Waals surface area contributed by atoms with Crippen molar-refractivity contribution in [2.75, 3.05) is 19.3 Å². The second kappa shape index (κ2) is 3.23. The summed E-state index contributed by atoms with van der Waals surface area (Å²) in [7, 11) is 2.14. The van der Waals surface area contributed by atoms with Crippen molar-refractivity contribution in [2.24, 2.45) is 0 Å². The van der Waals surface area contributed by atoms with Crippen molar-refractivity contribution in [2.45, 2.75) is 38.3 Å². The third kappa shape index (κ3) is 1.35. The molecule has 1 saturated carbocycles. The van der Waals surface area contributed by atoms with Crippen LogP contribution in [0.4, 0.5) is 5.82 Å². The summed E-state index contributed by atoms with van der Waals surface area (Å²) in [6.07, 6.45) is 4.88. The Hall–Kier alpha value is -1.03. The van der Waals surface area contributed by atoms with E-state index in [1.165, 1.54) is 30.5 Å². The van der Waals surface area contributed by atoms with Crippen molar-refractivity contribution in [3.8, 4) is 0 Å². The summed E-state index contributed by atoms with van der Waals surface area (Å²) in [6.45, 7) is 2.07. The van der Waals surface area contributed by atoms with Gasteiger partial charge in [-0.3, -0.25) is 0 Å². The van der Waals surface area contributed by atoms with Crippen LogP contribution in [0.3, 0.4) is 0 Å². The molecule has 0 saturated heterocycles. The van der Waals surface area contributed by atoms with Crippen molar-refractivity contribution in [1.82, 2.24) is 14.7 Å². The fourth-order valence-corrected chi connectivity index (χ4v) is 2.46. The zero-order valence-corrected chi connectivity index (χ0v) is 9.24. The summed E-state index contributed by atoms with van der Waals surface area (Å²) in [5, 5.41) is 4.67. The highest BCUT2D eigenvalue weighted by atomic mass is 15.3. The molecule has 1 aliphatic heterocycles. The van der Waals surface area contributed by atoms with Gasteiger partial charge < -0.3 is 10.6 Å². The molecule has 1 aliphatic carbocycles. The lowest BCUT2D eigenvalue weighted by Crippen LogP contribution is -2.26. The monoisotopic (exact) mass is 206 g/mol. The molecular weight excluding hydrogens is 188 g/mol. The molecule has 0 spiro atoms. The van der Waals surface area contributed by atoms with Gasteiger partial charge in [-0.2, -0.15) is 5.10 Å². The first-order valence-corrected chi connectivity index (χ1v) is 5.80. The number of hydrogen-bond acceptors (Lipinski definition) is 3. The van der Waals surface area contributed by atoms with Gasteiger partial charge in [0.2, 0.25) is 0 Å². The van der Waals surface area contributed by atoms with Gasteiger partial charge in [0.1, 0.15) is 5.82 Å². The average molecular weight is 206 g/mol. The Morgan fingerprint density at radius 1 is 1.40 bits per heavy atom. The predicted octanol–water partition coefficient (Wildman–Crippen LogP) is 1.18. The smallest absolute Gasteiger partial charge is 0.126 e. The largest absolute Gasteiger partial charge is 0.384 e. The van der Waals surface area contributed by atoms with Crippen LogP contribution in [0.5, 0.6) is 0 Å². The van der Waals surface area contributed by atoms with E-state index in [0.29, 0.717) is 6.04 Å². The maximum absolute atomic E-state index is 6.17. The molecule has 0 unspecified atom stereocenters. The summed E-state index contributed by atoms with van der Waals surface area (Å²) in [5.41, 5.74) is 8.68. The van der Waals surface area contributed by atoms with Crippen molar-refractivity contribution >= 4 is 5.82 Å². The molecule has 0 aromatic carbocycles. The highest BCUT2D eigenvalue weighted by Gasteiger charge is 2.27. The molecular formula is C11H18N4. The normalized spacial score (nSPS) is 22.5. The lowest BCUT2D eigenvalue weighted by atomic mass is 9.93. The third-order valence-electron chi connectivity index (χ3n) is 3.71. The minimum atomic E-state index is 0.584. The van der Waals surface area contributed by atoms with Crippen LogP contribution >= 0.6 is 0 Å². The zero-order valence-electron chi connectivity index (χ0n) is 9.24. The second-order valence-electron chi connectivity index (χ2n) is 4.83. The quantitative estimate of drug-likeness (QED) is 0.750. The Kier molecular flexibility index (Phi) is 1.99. The van der Waals surface area contributed by atoms with E-state index in [-0.39, 0.29) is 0 Å². The van der Waals surface area contributed by atoms with Crippen molar-refractivity contribution < 1.29 is 0 Å². The Labute approximate surface area is 90.0 Å². The van der Waals surface area contributed by atoms with E-state index in [0.717, 1.165) is 25.3 Å². The number of fused-ring (bicyclic) bond motifs is 1. The van der Waals surface area contributed by atoms with Gasteiger partial charge in [0.25, 0.3) is 0 Å². The first kappa shape index (κ1) is 9.21. The summed E-state index contributed by atoms with van der Waals surface area (Å²) in [5.74, 6) is 0.918. The molecule has 2 aliphatic rings. The van der Waals surface area contributed by atoms with E-state index in [1.54, 1.807) is 0 Å². The summed E-state index contributed by atoms with van der Waals surface area (Å²) in [4.78, 5) is 2.31. The van der Waals surface area contributed by atoms with Gasteiger partial charge in [-0.15, -0.1) is 0 Å². The van der Waals surface area contributed by atoms with Gasteiger partial charge in [0.05, 0.1) is 11.7 Å². The Morgan fingerprint density at radius 3 is 2.87 bits per heavy atom. The van der Waals surface area contributed by atoms with E-state index < -0.39 is 0 Å². The number of aromatic nitrogens is 2. The molecule has 0 radical (unpaired) electrons. The van der Waals surface area contributed by atoms with E-state index in [1.807, 2.05) is 0 Å². The highest BCUT2D eigenvalue weighted by Crippen LogP contribution is 2.35. The number of hydrogen-bond donors (Lipinski definition) is 1. The van der Waals surface area contributed by atoms with Gasteiger partial charge >= 0.3 is 0 Å². The van der Waals surface area contributed by atoms with Gasteiger partial charge in [-0.05, 0) is 26.3 Å². The van der Waals surface area contributed by atoms with Crippen LogP contribution in [-0.2, 0) is 13.0 Å². The fraction of sp³-hybridized carbons (Fsp3) is 0.727. The van der Waals surface area contributed by atoms with E-state index in [2.05, 4.69) is 21.7 Å². The Bertz CT molecular complexity index is 378. The van der Waals surface area contributed by atoms with Crippen LogP contribution in [0.25, 0.3) is 0 Å². The molecule has 15 heavy (non-hydrogen) atoms. The maximum atomic E-state index is 6.17. The van der Waals surface area contributed by atoms with Crippen molar-refractivity contribution in [1.29, 1.82) is 0 Å². The van der Waals surface area contributed by atoms with Crippen LogP contribution in [0.2, 0.25) is 0 Å². The maximum Gasteiger partial charge on any atom is 0.126 e. The first-order valence-electron chi connectivity index (χ1n) is 5.80. The lowest BCUT2D eigenvalue weighted by molar-refractivity contribution is 0.291. The topological polar surface area (TPSA) is 47.1 Å². The number of nitrogens with zero attached hydrogens (tertiary/aromatic N) is 3. The van der Waals surface area contributed by atoms with Gasteiger partial charge in [0.15, 0.2) is 0 Å². The van der Waals surface area contributed by atoms with Gasteiger partial charge in [-0.25, -0.2) is 4.68 Å². The number of nitrogen functional groups attached to an aromatic ring is 1. The molecule has 0 atom stereocenters. The van der Waals surface area contributed by atoms with Gasteiger partial charge in [-0.1, -0.05) is 0 Å². The molecule has 4 nitrogen and oxygen atoms in total. The molecule has 2 N–H and O–H groups in total. The number of anilines is 1. The lowest BCUT2D eigenvalue weighted by Gasteiger charge is -2.26. The Morgan fingerprint density at radius 2 is 2.20 bits per heavy atom. The fourth-order valence-electron chi connectivity index (χ4n) is 2.46. The predicted molar refractivity (Wildman–Crippen MR) is 59.6 cm³/mol. The number of rotatable bonds is 1. The van der Waals surface area contributed by atoms with Crippen LogP contribution in [-0.4, -0.2) is 28.3 Å². The molecule has 1 aromatic rings. The summed E-state index contributed by atoms with van der Waals surface area (Å²) >= 11 is 0. The second-order valence-corrected chi connectivity index (χ2v) is 4.83. The van der Waals surface area contributed by atoms with Crippen LogP contribution < -0.4 is 5.73 Å². The SMILES string of the molecule is CN1CCc2nn(C3CCC3)c(N)c2C1. The minimum Gasteiger partial charge on any atom is -0.384 e. The van der Waals surface area contributed by atoms with Crippen LogP contribution in [0.15, 0.2) is 0 Å². The molecule has 0 bridgehead atoms. The van der Waals surface area contributed by atoms with E-state index >= 15 is 0 Å². The standard InChI is InChI=1S/C11H18N4/c1-14-6-5-10-9(7-14)11(12)15(13-10)8-3-2-4-8/h8H,2-7,12H2,1H3. The molecule has 3 rings (SSSR count). The molecule has 82 valence electrons. The van der Waals surface area contributed by atoms with Gasteiger partial charge in [0, 0.05) is 25.1 Å². The summed E-state index contributed by atoms with van der Waals surface area (Å²) in [6, 6.07) is 0.584. The Balaban J connectivity index is 1.97. The highest BCUT2D eigenvalue weighted by molar-refractivity contribution is 5.45. The third-order valence-corrected chi connectivity index (χ3v) is 3.71. The minimum absolute atomic E-state index is 0.584. The van der Waals surface area contributed by atoms with Crippen LogP contribution in [0.1, 0.15) is 36.6 Å².